The van der Waals surface area contributed by atoms with Gasteiger partial charge in [0.05, 0.1) is 32.7 Å². The molecular formula is C25H24N2O3S3. The van der Waals surface area contributed by atoms with E-state index in [1.807, 2.05) is 30.0 Å². The van der Waals surface area contributed by atoms with Crippen LogP contribution < -0.4 is 4.57 Å². The molecule has 0 spiro atoms. The van der Waals surface area contributed by atoms with Crippen LogP contribution in [0.4, 0.5) is 0 Å². The van der Waals surface area contributed by atoms with Gasteiger partial charge in [0, 0.05) is 25.0 Å². The third kappa shape index (κ3) is 4.66. The van der Waals surface area contributed by atoms with Crippen molar-refractivity contribution < 1.29 is 17.5 Å². The summed E-state index contributed by atoms with van der Waals surface area (Å²) < 4.78 is 37.0. The molecular weight excluding hydrogens is 472 g/mol. The first-order valence-electron chi connectivity index (χ1n) is 10.8. The maximum atomic E-state index is 11.2. The Morgan fingerprint density at radius 3 is 2.64 bits per heavy atom. The van der Waals surface area contributed by atoms with Gasteiger partial charge >= 0.3 is 0 Å². The fourth-order valence-corrected chi connectivity index (χ4v) is 7.35. The van der Waals surface area contributed by atoms with E-state index < -0.39 is 10.1 Å². The number of thiazole rings is 1. The molecule has 2 heterocycles. The average molecular weight is 497 g/mol. The lowest BCUT2D eigenvalue weighted by Crippen LogP contribution is -2.36. The highest BCUT2D eigenvalue weighted by Crippen LogP contribution is 2.41. The lowest BCUT2D eigenvalue weighted by Gasteiger charge is -2.21. The second-order valence-electron chi connectivity index (χ2n) is 8.17. The summed E-state index contributed by atoms with van der Waals surface area (Å²) in [6, 6.07) is 23.3. The predicted octanol–water partition coefficient (Wildman–Crippen LogP) is 5.00. The molecule has 1 unspecified atom stereocenters. The van der Waals surface area contributed by atoms with E-state index in [0.29, 0.717) is 12.6 Å². The fraction of sp³-hybridized carbons (Fsp3) is 0.240. The Bertz CT molecular complexity index is 1450. The summed E-state index contributed by atoms with van der Waals surface area (Å²) in [5, 5.41) is 4.52. The first kappa shape index (κ1) is 22.4. The van der Waals surface area contributed by atoms with Crippen LogP contribution >= 0.6 is 23.1 Å². The quantitative estimate of drug-likeness (QED) is 0.278. The molecule has 1 saturated heterocycles. The molecule has 0 aliphatic carbocycles. The molecule has 1 atom stereocenters. The molecule has 1 fully saturated rings. The Morgan fingerprint density at radius 1 is 1.09 bits per heavy atom. The van der Waals surface area contributed by atoms with Crippen molar-refractivity contribution in [3.8, 4) is 0 Å². The molecule has 0 saturated carbocycles. The molecule has 33 heavy (non-hydrogen) atoms. The number of thioether (sulfide) groups is 1. The molecule has 1 aliphatic rings. The minimum Gasteiger partial charge on any atom is -0.748 e. The molecule has 0 amide bonds. The summed E-state index contributed by atoms with van der Waals surface area (Å²) >= 11 is 3.53. The summed E-state index contributed by atoms with van der Waals surface area (Å²) in [5.41, 5.74) is 2.39. The van der Waals surface area contributed by atoms with Crippen molar-refractivity contribution >= 4 is 60.3 Å². The topological polar surface area (TPSA) is 64.3 Å². The summed E-state index contributed by atoms with van der Waals surface area (Å²) in [6.45, 7) is 0.477. The Morgan fingerprint density at radius 2 is 1.85 bits per heavy atom. The van der Waals surface area contributed by atoms with Crippen LogP contribution in [-0.2, 0) is 16.7 Å². The lowest BCUT2D eigenvalue weighted by molar-refractivity contribution is -0.667. The zero-order valence-electron chi connectivity index (χ0n) is 18.2. The number of benzene rings is 3. The summed E-state index contributed by atoms with van der Waals surface area (Å²) in [7, 11) is -2.12. The van der Waals surface area contributed by atoms with Crippen molar-refractivity contribution in [2.24, 2.45) is 0 Å². The third-order valence-electron chi connectivity index (χ3n) is 6.03. The highest BCUT2D eigenvalue weighted by atomic mass is 32.2. The number of hydrogen-bond donors (Lipinski definition) is 0. The third-order valence-corrected chi connectivity index (χ3v) is 9.10. The van der Waals surface area contributed by atoms with Gasteiger partial charge in [0.15, 0.2) is 6.54 Å². The van der Waals surface area contributed by atoms with Crippen molar-refractivity contribution in [1.29, 1.82) is 0 Å². The second kappa shape index (κ2) is 9.10. The average Bonchev–Trinajstić information content (AvgIpc) is 3.34. The van der Waals surface area contributed by atoms with E-state index in [4.69, 9.17) is 0 Å². The first-order chi connectivity index (χ1) is 15.9. The normalized spacial score (nSPS) is 18.1. The van der Waals surface area contributed by atoms with Gasteiger partial charge in [-0.2, -0.15) is 4.57 Å². The van der Waals surface area contributed by atoms with Gasteiger partial charge in [0.1, 0.15) is 4.70 Å². The smallest absolute Gasteiger partial charge is 0.265 e. The number of nitrogens with zero attached hydrogens (tertiary/aromatic N) is 2. The van der Waals surface area contributed by atoms with Gasteiger partial charge in [-0.3, -0.25) is 0 Å². The van der Waals surface area contributed by atoms with Crippen LogP contribution in [0.3, 0.4) is 0 Å². The highest BCUT2D eigenvalue weighted by molar-refractivity contribution is 8.03. The Balaban J connectivity index is 1.57. The molecule has 170 valence electrons. The summed E-state index contributed by atoms with van der Waals surface area (Å²) in [4.78, 5) is 2.31. The number of rotatable bonds is 6. The molecule has 0 N–H and O–H groups in total. The van der Waals surface area contributed by atoms with E-state index in [1.165, 1.54) is 10.6 Å². The number of fused-ring (bicyclic) bond motifs is 3. The Hall–Kier alpha value is -2.39. The van der Waals surface area contributed by atoms with Gasteiger partial charge in [-0.1, -0.05) is 65.9 Å². The standard InChI is InChI=1S/C25H24N2O3S3/c1-26-21(19-9-3-2-4-10-19)17-31-23(26)16-24-27(14-7-15-33(28,29)30)25-20-11-6-5-8-18(20)12-13-22(25)32-24/h2-6,8-13,16,21H,7,14-15,17H2,1H3. The zero-order valence-corrected chi connectivity index (χ0v) is 20.6. The number of aromatic nitrogens is 1. The van der Waals surface area contributed by atoms with E-state index in [-0.39, 0.29) is 12.2 Å². The van der Waals surface area contributed by atoms with Crippen molar-refractivity contribution in [1.82, 2.24) is 4.90 Å². The molecule has 8 heteroatoms. The second-order valence-corrected chi connectivity index (χ2v) is 11.8. The van der Waals surface area contributed by atoms with Gasteiger partial charge in [0.25, 0.3) is 5.01 Å². The van der Waals surface area contributed by atoms with Gasteiger partial charge in [-0.15, -0.1) is 11.8 Å². The van der Waals surface area contributed by atoms with Crippen LogP contribution in [0, 0.1) is 0 Å². The van der Waals surface area contributed by atoms with Crippen LogP contribution in [0.15, 0.2) is 71.8 Å². The van der Waals surface area contributed by atoms with Crippen molar-refractivity contribution in [2.75, 3.05) is 18.6 Å². The van der Waals surface area contributed by atoms with Crippen molar-refractivity contribution in [2.45, 2.75) is 19.0 Å². The van der Waals surface area contributed by atoms with E-state index >= 15 is 0 Å². The molecule has 1 aliphatic heterocycles. The number of aryl methyl sites for hydroxylation is 1. The Kier molecular flexibility index (Phi) is 6.18. The van der Waals surface area contributed by atoms with E-state index in [2.05, 4.69) is 71.1 Å². The summed E-state index contributed by atoms with van der Waals surface area (Å²) in [6.07, 6.45) is 2.50. The highest BCUT2D eigenvalue weighted by Gasteiger charge is 2.29. The fourth-order valence-electron chi connectivity index (χ4n) is 4.38. The maximum absolute atomic E-state index is 11.2. The minimum atomic E-state index is -4.24. The van der Waals surface area contributed by atoms with Crippen molar-refractivity contribution in [3.63, 3.8) is 0 Å². The zero-order chi connectivity index (χ0) is 23.0. The van der Waals surface area contributed by atoms with E-state index in [1.54, 1.807) is 11.3 Å². The SMILES string of the molecule is CN1C(=Cc2sc3ccc4ccccc4c3[n+]2CCCS(=O)(=O)[O-])SCC1c1ccccc1. The van der Waals surface area contributed by atoms with E-state index in [9.17, 15) is 13.0 Å². The van der Waals surface area contributed by atoms with Gasteiger partial charge < -0.3 is 9.45 Å². The van der Waals surface area contributed by atoms with E-state index in [0.717, 1.165) is 31.7 Å². The molecule has 0 radical (unpaired) electrons. The largest absolute Gasteiger partial charge is 0.748 e. The molecule has 4 aromatic rings. The molecule has 3 aromatic carbocycles. The molecule has 5 rings (SSSR count). The van der Waals surface area contributed by atoms with Crippen LogP contribution in [0.25, 0.3) is 27.1 Å². The first-order valence-corrected chi connectivity index (χ1v) is 14.2. The number of hydrogen-bond acceptors (Lipinski definition) is 6. The minimum absolute atomic E-state index is 0.289. The maximum Gasteiger partial charge on any atom is 0.265 e. The van der Waals surface area contributed by atoms with Crippen LogP contribution in [0.5, 0.6) is 0 Å². The molecule has 0 bridgehead atoms. The predicted molar refractivity (Wildman–Crippen MR) is 136 cm³/mol. The van der Waals surface area contributed by atoms with Gasteiger partial charge in [-0.25, -0.2) is 8.42 Å². The van der Waals surface area contributed by atoms with Crippen LogP contribution in [0.2, 0.25) is 0 Å². The molecule has 5 nitrogen and oxygen atoms in total. The van der Waals surface area contributed by atoms with Crippen LogP contribution in [0.1, 0.15) is 23.0 Å². The monoisotopic (exact) mass is 496 g/mol. The Labute approximate surface area is 202 Å². The lowest BCUT2D eigenvalue weighted by atomic mass is 10.1. The van der Waals surface area contributed by atoms with Gasteiger partial charge in [-0.05, 0) is 23.1 Å². The van der Waals surface area contributed by atoms with Crippen molar-refractivity contribution in [3.05, 3.63) is 82.3 Å². The van der Waals surface area contributed by atoms with Gasteiger partial charge in [0.2, 0.25) is 5.52 Å². The van der Waals surface area contributed by atoms with Crippen LogP contribution in [-0.4, -0.2) is 36.4 Å². The summed E-state index contributed by atoms with van der Waals surface area (Å²) in [5.74, 6) is 0.622. The molecule has 1 aromatic heterocycles.